The van der Waals surface area contributed by atoms with E-state index in [9.17, 15) is 9.59 Å². The van der Waals surface area contributed by atoms with Gasteiger partial charge in [0.05, 0.1) is 5.39 Å². The first-order chi connectivity index (χ1) is 12.4. The number of hydrogen-bond acceptors (Lipinski definition) is 3. The van der Waals surface area contributed by atoms with E-state index < -0.39 is 0 Å². The molecule has 0 saturated heterocycles. The van der Waals surface area contributed by atoms with E-state index in [1.807, 2.05) is 39.0 Å². The quantitative estimate of drug-likeness (QED) is 0.690. The molecule has 0 aliphatic carbocycles. The number of anilines is 1. The number of hydrogen-bond donors (Lipinski definition) is 1. The zero-order valence-electron chi connectivity index (χ0n) is 14.9. The van der Waals surface area contributed by atoms with Crippen LogP contribution in [0.2, 0.25) is 0 Å². The number of nitrogens with one attached hydrogen (secondary N) is 1. The molecule has 1 aromatic heterocycles. The molecule has 0 bridgehead atoms. The second-order valence-electron chi connectivity index (χ2n) is 6.69. The lowest BCUT2D eigenvalue weighted by molar-refractivity contribution is 0.102. The van der Waals surface area contributed by atoms with Crippen LogP contribution in [0.5, 0.6) is 0 Å². The Kier molecular flexibility index (Phi) is 5.23. The van der Waals surface area contributed by atoms with Crippen molar-refractivity contribution in [1.82, 2.24) is 9.78 Å². The summed E-state index contributed by atoms with van der Waals surface area (Å²) in [5.74, 6) is -0.0974. The van der Waals surface area contributed by atoms with Gasteiger partial charge in [-0.2, -0.15) is 5.10 Å². The van der Waals surface area contributed by atoms with Crippen molar-refractivity contribution in [3.05, 3.63) is 68.5 Å². The molecule has 0 fully saturated rings. The molecule has 3 rings (SSSR count). The van der Waals surface area contributed by atoms with Crippen LogP contribution in [0.25, 0.3) is 10.8 Å². The summed E-state index contributed by atoms with van der Waals surface area (Å²) < 4.78 is 2.30. The summed E-state index contributed by atoms with van der Waals surface area (Å²) in [4.78, 5) is 25.5. The fourth-order valence-electron chi connectivity index (χ4n) is 2.73. The lowest BCUT2D eigenvalue weighted by Crippen LogP contribution is -2.29. The molecule has 5 nitrogen and oxygen atoms in total. The molecule has 1 N–H and O–H groups in total. The molecule has 0 saturated carbocycles. The van der Waals surface area contributed by atoms with Crippen LogP contribution in [-0.4, -0.2) is 15.7 Å². The summed E-state index contributed by atoms with van der Waals surface area (Å²) >= 11 is 3.47. The Morgan fingerprint density at radius 2 is 1.88 bits per heavy atom. The highest BCUT2D eigenvalue weighted by molar-refractivity contribution is 9.10. The molecule has 3 aromatic rings. The summed E-state index contributed by atoms with van der Waals surface area (Å²) in [5.41, 5.74) is 1.82. The minimum atomic E-state index is -0.338. The van der Waals surface area contributed by atoms with E-state index >= 15 is 0 Å². The van der Waals surface area contributed by atoms with Crippen molar-refractivity contribution in [3.63, 3.8) is 0 Å². The van der Waals surface area contributed by atoms with E-state index in [0.717, 1.165) is 10.0 Å². The van der Waals surface area contributed by atoms with Gasteiger partial charge in [-0.3, -0.25) is 9.59 Å². The van der Waals surface area contributed by atoms with Crippen LogP contribution in [0, 0.1) is 12.8 Å². The van der Waals surface area contributed by atoms with Gasteiger partial charge in [0.2, 0.25) is 0 Å². The molecular weight excluding hydrogens is 394 g/mol. The van der Waals surface area contributed by atoms with Gasteiger partial charge in [-0.05, 0) is 36.6 Å². The van der Waals surface area contributed by atoms with Crippen LogP contribution < -0.4 is 10.9 Å². The standard InChI is InChI=1S/C20H20BrN3O2/c1-12(2)11-24-20(26)16-7-5-4-6-15(16)18(23-24)19(25)22-14-9-8-13(3)17(21)10-14/h4-10,12H,11H2,1-3H3,(H,22,25). The molecule has 0 atom stereocenters. The van der Waals surface area contributed by atoms with Crippen LogP contribution in [0.4, 0.5) is 5.69 Å². The lowest BCUT2D eigenvalue weighted by Gasteiger charge is -2.13. The molecule has 26 heavy (non-hydrogen) atoms. The first kappa shape index (κ1) is 18.3. The minimum Gasteiger partial charge on any atom is -0.321 e. The monoisotopic (exact) mass is 413 g/mol. The first-order valence-corrected chi connectivity index (χ1v) is 9.23. The number of aromatic nitrogens is 2. The van der Waals surface area contributed by atoms with Gasteiger partial charge in [-0.1, -0.05) is 54.0 Å². The number of fused-ring (bicyclic) bond motifs is 1. The summed E-state index contributed by atoms with van der Waals surface area (Å²) in [5, 5.41) is 8.28. The predicted molar refractivity (Wildman–Crippen MR) is 108 cm³/mol. The number of carbonyl (C=O) groups is 1. The SMILES string of the molecule is Cc1ccc(NC(=O)c2nn(CC(C)C)c(=O)c3ccccc23)cc1Br. The summed E-state index contributed by atoms with van der Waals surface area (Å²) in [6.07, 6.45) is 0. The summed E-state index contributed by atoms with van der Waals surface area (Å²) in [7, 11) is 0. The number of rotatable bonds is 4. The number of nitrogens with zero attached hydrogens (tertiary/aromatic N) is 2. The summed E-state index contributed by atoms with van der Waals surface area (Å²) in [6, 6.07) is 12.7. The molecule has 1 amide bonds. The van der Waals surface area contributed by atoms with Gasteiger partial charge < -0.3 is 5.32 Å². The molecule has 134 valence electrons. The Bertz CT molecular complexity index is 1040. The third-order valence-electron chi connectivity index (χ3n) is 4.05. The molecule has 2 aromatic carbocycles. The Balaban J connectivity index is 2.07. The Labute approximate surface area is 160 Å². The number of carbonyl (C=O) groups excluding carboxylic acids is 1. The van der Waals surface area contributed by atoms with Crippen molar-refractivity contribution >= 4 is 38.3 Å². The number of aryl methyl sites for hydroxylation is 1. The molecule has 0 aliphatic rings. The first-order valence-electron chi connectivity index (χ1n) is 8.44. The van der Waals surface area contributed by atoms with Gasteiger partial charge in [0.25, 0.3) is 11.5 Å². The third-order valence-corrected chi connectivity index (χ3v) is 4.90. The Hall–Kier alpha value is -2.47. The van der Waals surface area contributed by atoms with E-state index in [1.54, 1.807) is 24.3 Å². The fraction of sp³-hybridized carbons (Fsp3) is 0.250. The highest BCUT2D eigenvalue weighted by atomic mass is 79.9. The minimum absolute atomic E-state index is 0.177. The van der Waals surface area contributed by atoms with Gasteiger partial charge in [-0.15, -0.1) is 0 Å². The van der Waals surface area contributed by atoms with Gasteiger partial charge >= 0.3 is 0 Å². The van der Waals surface area contributed by atoms with Crippen molar-refractivity contribution in [2.45, 2.75) is 27.3 Å². The number of benzene rings is 2. The van der Waals surface area contributed by atoms with E-state index in [1.165, 1.54) is 4.68 Å². The highest BCUT2D eigenvalue weighted by Crippen LogP contribution is 2.22. The second kappa shape index (κ2) is 7.41. The van der Waals surface area contributed by atoms with Crippen LogP contribution in [0.15, 0.2) is 51.7 Å². The average molecular weight is 414 g/mol. The molecule has 0 unspecified atom stereocenters. The average Bonchev–Trinajstić information content (AvgIpc) is 2.60. The van der Waals surface area contributed by atoms with Crippen LogP contribution in [0.3, 0.4) is 0 Å². The highest BCUT2D eigenvalue weighted by Gasteiger charge is 2.17. The maximum Gasteiger partial charge on any atom is 0.276 e. The molecule has 6 heteroatoms. The van der Waals surface area contributed by atoms with Crippen molar-refractivity contribution in [2.75, 3.05) is 5.32 Å². The smallest absolute Gasteiger partial charge is 0.276 e. The van der Waals surface area contributed by atoms with Crippen LogP contribution in [0.1, 0.15) is 29.9 Å². The van der Waals surface area contributed by atoms with Crippen molar-refractivity contribution < 1.29 is 4.79 Å². The molecule has 1 heterocycles. The Morgan fingerprint density at radius 1 is 1.19 bits per heavy atom. The van der Waals surface area contributed by atoms with Crippen molar-refractivity contribution in [3.8, 4) is 0 Å². The third kappa shape index (κ3) is 3.70. The molecule has 0 aliphatic heterocycles. The zero-order chi connectivity index (χ0) is 18.8. The van der Waals surface area contributed by atoms with Crippen LogP contribution >= 0.6 is 15.9 Å². The fourth-order valence-corrected chi connectivity index (χ4v) is 3.11. The topological polar surface area (TPSA) is 64.0 Å². The second-order valence-corrected chi connectivity index (χ2v) is 7.55. The maximum absolute atomic E-state index is 12.9. The zero-order valence-corrected chi connectivity index (χ0v) is 16.5. The van der Waals surface area contributed by atoms with Gasteiger partial charge in [0.1, 0.15) is 0 Å². The van der Waals surface area contributed by atoms with Crippen molar-refractivity contribution in [2.24, 2.45) is 5.92 Å². The summed E-state index contributed by atoms with van der Waals surface area (Å²) in [6.45, 7) is 6.45. The predicted octanol–water partition coefficient (Wildman–Crippen LogP) is 4.38. The van der Waals surface area contributed by atoms with Crippen LogP contribution in [-0.2, 0) is 6.54 Å². The van der Waals surface area contributed by atoms with E-state index in [2.05, 4.69) is 26.3 Å². The Morgan fingerprint density at radius 3 is 2.54 bits per heavy atom. The molecule has 0 spiro atoms. The van der Waals surface area contributed by atoms with E-state index in [-0.39, 0.29) is 23.1 Å². The van der Waals surface area contributed by atoms with Gasteiger partial charge in [0.15, 0.2) is 5.69 Å². The lowest BCUT2D eigenvalue weighted by atomic mass is 10.1. The number of amides is 1. The largest absolute Gasteiger partial charge is 0.321 e. The number of halogens is 1. The molecular formula is C20H20BrN3O2. The molecule has 0 radical (unpaired) electrons. The van der Waals surface area contributed by atoms with Crippen molar-refractivity contribution in [1.29, 1.82) is 0 Å². The maximum atomic E-state index is 12.9. The van der Waals surface area contributed by atoms with E-state index in [4.69, 9.17) is 0 Å². The normalized spacial score (nSPS) is 11.1. The van der Waals surface area contributed by atoms with Gasteiger partial charge in [-0.25, -0.2) is 4.68 Å². The van der Waals surface area contributed by atoms with E-state index in [0.29, 0.717) is 23.0 Å². The van der Waals surface area contributed by atoms with Gasteiger partial charge in [0, 0.05) is 22.1 Å².